The molecule has 0 bridgehead atoms. The molecule has 1 aliphatic rings. The van der Waals surface area contributed by atoms with Crippen LogP contribution in [0, 0.1) is 5.92 Å². The first-order chi connectivity index (χ1) is 13.3. The van der Waals surface area contributed by atoms with Gasteiger partial charge in [0.05, 0.1) is 18.6 Å². The smallest absolute Gasteiger partial charge is 0.321 e. The van der Waals surface area contributed by atoms with E-state index in [2.05, 4.69) is 14.9 Å². The molecule has 2 aromatic rings. The molecule has 1 saturated heterocycles. The zero-order chi connectivity index (χ0) is 18.9. The minimum atomic E-state index is -0.0776. The summed E-state index contributed by atoms with van der Waals surface area (Å²) in [6, 6.07) is 7.43. The SMILES string of the molecule is CCOCCOc1ccccc1NC(=O)N1CCCC(Cn2ccnc2)C1. The Labute approximate surface area is 160 Å². The number of benzene rings is 1. The van der Waals surface area contributed by atoms with Gasteiger partial charge in [0.25, 0.3) is 0 Å². The highest BCUT2D eigenvalue weighted by Gasteiger charge is 2.24. The summed E-state index contributed by atoms with van der Waals surface area (Å²) in [6.07, 6.45) is 7.72. The second kappa shape index (κ2) is 9.97. The highest BCUT2D eigenvalue weighted by atomic mass is 16.5. The molecule has 0 radical (unpaired) electrons. The van der Waals surface area contributed by atoms with Gasteiger partial charge >= 0.3 is 6.03 Å². The summed E-state index contributed by atoms with van der Waals surface area (Å²) in [5, 5.41) is 3.00. The summed E-state index contributed by atoms with van der Waals surface area (Å²) in [7, 11) is 0. The second-order valence-electron chi connectivity index (χ2n) is 6.69. The number of urea groups is 1. The third-order valence-corrected chi connectivity index (χ3v) is 4.65. The number of aromatic nitrogens is 2. The Bertz CT molecular complexity index is 705. The van der Waals surface area contributed by atoms with Gasteiger partial charge in [-0.1, -0.05) is 12.1 Å². The molecule has 1 N–H and O–H groups in total. The first-order valence-electron chi connectivity index (χ1n) is 9.57. The van der Waals surface area contributed by atoms with Crippen LogP contribution in [0.2, 0.25) is 0 Å². The Morgan fingerprint density at radius 2 is 2.22 bits per heavy atom. The third kappa shape index (κ3) is 5.72. The van der Waals surface area contributed by atoms with E-state index in [4.69, 9.17) is 9.47 Å². The summed E-state index contributed by atoms with van der Waals surface area (Å²) >= 11 is 0. The molecule has 1 unspecified atom stereocenters. The third-order valence-electron chi connectivity index (χ3n) is 4.65. The van der Waals surface area contributed by atoms with Gasteiger partial charge in [-0.05, 0) is 37.8 Å². The van der Waals surface area contributed by atoms with E-state index in [0.717, 1.165) is 32.5 Å². The molecule has 7 nitrogen and oxygen atoms in total. The van der Waals surface area contributed by atoms with Crippen LogP contribution in [0.25, 0.3) is 0 Å². The standard InChI is InChI=1S/C20H28N4O3/c1-2-26-12-13-27-19-8-4-3-7-18(19)22-20(25)24-10-5-6-17(15-24)14-23-11-9-21-16-23/h3-4,7-9,11,16-17H,2,5-6,10,12-15H2,1H3,(H,22,25). The average molecular weight is 372 g/mol. The fourth-order valence-electron chi connectivity index (χ4n) is 3.34. The summed E-state index contributed by atoms with van der Waals surface area (Å²) in [5.41, 5.74) is 0.690. The molecule has 0 saturated carbocycles. The number of amides is 2. The van der Waals surface area contributed by atoms with E-state index in [9.17, 15) is 4.79 Å². The number of hydrogen-bond donors (Lipinski definition) is 1. The van der Waals surface area contributed by atoms with Gasteiger partial charge in [0, 0.05) is 38.6 Å². The van der Waals surface area contributed by atoms with Crippen LogP contribution in [0.5, 0.6) is 5.75 Å². The number of piperidine rings is 1. The number of nitrogens with zero attached hydrogens (tertiary/aromatic N) is 3. The first-order valence-corrected chi connectivity index (χ1v) is 9.57. The number of anilines is 1. The Hall–Kier alpha value is -2.54. The predicted molar refractivity (Wildman–Crippen MR) is 104 cm³/mol. The maximum absolute atomic E-state index is 12.8. The number of rotatable bonds is 8. The highest BCUT2D eigenvalue weighted by Crippen LogP contribution is 2.25. The summed E-state index contributed by atoms with van der Waals surface area (Å²) in [6.45, 7) is 6.01. The number of nitrogens with one attached hydrogen (secondary N) is 1. The highest BCUT2D eigenvalue weighted by molar-refractivity contribution is 5.91. The van der Waals surface area contributed by atoms with Crippen molar-refractivity contribution in [2.45, 2.75) is 26.3 Å². The van der Waals surface area contributed by atoms with Gasteiger partial charge in [0.2, 0.25) is 0 Å². The van der Waals surface area contributed by atoms with E-state index >= 15 is 0 Å². The lowest BCUT2D eigenvalue weighted by Crippen LogP contribution is -2.43. The maximum atomic E-state index is 12.8. The number of ether oxygens (including phenoxy) is 2. The fraction of sp³-hybridized carbons (Fsp3) is 0.500. The van der Waals surface area contributed by atoms with Crippen molar-refractivity contribution in [3.63, 3.8) is 0 Å². The largest absolute Gasteiger partial charge is 0.489 e. The lowest BCUT2D eigenvalue weighted by Gasteiger charge is -2.33. The van der Waals surface area contributed by atoms with Crippen molar-refractivity contribution in [2.75, 3.05) is 38.2 Å². The van der Waals surface area contributed by atoms with Gasteiger partial charge in [-0.2, -0.15) is 0 Å². The molecule has 7 heteroatoms. The van der Waals surface area contributed by atoms with Crippen LogP contribution in [-0.4, -0.2) is 53.4 Å². The topological polar surface area (TPSA) is 68.6 Å². The van der Waals surface area contributed by atoms with Crippen molar-refractivity contribution in [3.8, 4) is 5.75 Å². The summed E-state index contributed by atoms with van der Waals surface area (Å²) < 4.78 is 13.1. The van der Waals surface area contributed by atoms with Gasteiger partial charge in [0.15, 0.2) is 0 Å². The molecule has 146 valence electrons. The van der Waals surface area contributed by atoms with E-state index in [1.807, 2.05) is 48.6 Å². The number of carbonyl (C=O) groups excluding carboxylic acids is 1. The van der Waals surface area contributed by atoms with Gasteiger partial charge in [-0.25, -0.2) is 9.78 Å². The Kier molecular flexibility index (Phi) is 7.10. The van der Waals surface area contributed by atoms with E-state index < -0.39 is 0 Å². The van der Waals surface area contributed by atoms with Crippen LogP contribution in [0.4, 0.5) is 10.5 Å². The molecule has 0 spiro atoms. The molecular weight excluding hydrogens is 344 g/mol. The minimum absolute atomic E-state index is 0.0776. The van der Waals surface area contributed by atoms with Gasteiger partial charge in [0.1, 0.15) is 12.4 Å². The Morgan fingerprint density at radius 3 is 3.04 bits per heavy atom. The van der Waals surface area contributed by atoms with Crippen LogP contribution in [0.3, 0.4) is 0 Å². The van der Waals surface area contributed by atoms with Crippen molar-refractivity contribution < 1.29 is 14.3 Å². The number of carbonyl (C=O) groups is 1. The van der Waals surface area contributed by atoms with Crippen LogP contribution >= 0.6 is 0 Å². The van der Waals surface area contributed by atoms with Crippen molar-refractivity contribution in [1.82, 2.24) is 14.5 Å². The van der Waals surface area contributed by atoms with E-state index in [1.165, 1.54) is 0 Å². The quantitative estimate of drug-likeness (QED) is 0.722. The van der Waals surface area contributed by atoms with Crippen molar-refractivity contribution in [1.29, 1.82) is 0 Å². The maximum Gasteiger partial charge on any atom is 0.321 e. The zero-order valence-electron chi connectivity index (χ0n) is 15.8. The molecular formula is C20H28N4O3. The first kappa shape index (κ1) is 19.2. The Balaban J connectivity index is 1.55. The van der Waals surface area contributed by atoms with E-state index in [0.29, 0.717) is 37.2 Å². The summed E-state index contributed by atoms with van der Waals surface area (Å²) in [5.74, 6) is 1.11. The molecule has 0 aliphatic carbocycles. The summed E-state index contributed by atoms with van der Waals surface area (Å²) in [4.78, 5) is 18.7. The number of para-hydroxylation sites is 2. The molecule has 1 atom stereocenters. The average Bonchev–Trinajstić information content (AvgIpc) is 3.19. The van der Waals surface area contributed by atoms with Crippen LogP contribution in [-0.2, 0) is 11.3 Å². The molecule has 1 aromatic carbocycles. The molecule has 3 rings (SSSR count). The van der Waals surface area contributed by atoms with Gasteiger partial charge in [-0.15, -0.1) is 0 Å². The number of hydrogen-bond acceptors (Lipinski definition) is 4. The normalized spacial score (nSPS) is 16.9. The molecule has 1 fully saturated rings. The monoisotopic (exact) mass is 372 g/mol. The predicted octanol–water partition coefficient (Wildman–Crippen LogP) is 3.24. The van der Waals surface area contributed by atoms with Crippen LogP contribution in [0.1, 0.15) is 19.8 Å². The molecule has 2 amide bonds. The molecule has 1 aliphatic heterocycles. The lowest BCUT2D eigenvalue weighted by molar-refractivity contribution is 0.110. The fourth-order valence-corrected chi connectivity index (χ4v) is 3.34. The number of likely N-dealkylation sites (tertiary alicyclic amines) is 1. The van der Waals surface area contributed by atoms with Crippen molar-refractivity contribution >= 4 is 11.7 Å². The molecule has 1 aromatic heterocycles. The second-order valence-corrected chi connectivity index (χ2v) is 6.69. The van der Waals surface area contributed by atoms with Crippen LogP contribution in [0.15, 0.2) is 43.0 Å². The zero-order valence-corrected chi connectivity index (χ0v) is 15.8. The molecule has 27 heavy (non-hydrogen) atoms. The minimum Gasteiger partial charge on any atom is -0.489 e. The lowest BCUT2D eigenvalue weighted by atomic mass is 9.98. The molecule has 2 heterocycles. The Morgan fingerprint density at radius 1 is 1.33 bits per heavy atom. The van der Waals surface area contributed by atoms with Crippen molar-refractivity contribution in [3.05, 3.63) is 43.0 Å². The van der Waals surface area contributed by atoms with Gasteiger partial charge < -0.3 is 24.3 Å². The van der Waals surface area contributed by atoms with Gasteiger partial charge in [-0.3, -0.25) is 0 Å². The van der Waals surface area contributed by atoms with Crippen LogP contribution < -0.4 is 10.1 Å². The van der Waals surface area contributed by atoms with E-state index in [-0.39, 0.29) is 6.03 Å². The number of imidazole rings is 1. The van der Waals surface area contributed by atoms with E-state index in [1.54, 1.807) is 6.20 Å². The van der Waals surface area contributed by atoms with Crippen molar-refractivity contribution in [2.24, 2.45) is 5.92 Å².